The summed E-state index contributed by atoms with van der Waals surface area (Å²) in [5, 5.41) is 0. The summed E-state index contributed by atoms with van der Waals surface area (Å²) in [4.78, 5) is 1.58. The fraction of sp³-hybridized carbons (Fsp3) is 0.538. The first-order valence-electron chi connectivity index (χ1n) is 6.85. The first kappa shape index (κ1) is 17.0. The van der Waals surface area contributed by atoms with Crippen molar-refractivity contribution >= 4 is 10.0 Å². The average molecular weight is 338 g/mol. The monoisotopic (exact) mass is 338 g/mol. The van der Waals surface area contributed by atoms with Crippen molar-refractivity contribution in [3.63, 3.8) is 0 Å². The van der Waals surface area contributed by atoms with E-state index in [4.69, 9.17) is 0 Å². The first-order chi connectivity index (χ1) is 10.3. The summed E-state index contributed by atoms with van der Waals surface area (Å²) >= 11 is 0. The number of halogens is 3. The van der Waals surface area contributed by atoms with Crippen LogP contribution in [0.2, 0.25) is 0 Å². The second-order valence-electron chi connectivity index (χ2n) is 4.94. The van der Waals surface area contributed by atoms with Gasteiger partial charge in [0.05, 0.1) is 0 Å². The number of nitrogens with one attached hydrogen (secondary N) is 1. The number of ether oxygens (including phenoxy) is 1. The van der Waals surface area contributed by atoms with Gasteiger partial charge in [0.25, 0.3) is 0 Å². The van der Waals surface area contributed by atoms with E-state index in [-0.39, 0.29) is 6.54 Å². The van der Waals surface area contributed by atoms with E-state index >= 15 is 0 Å². The summed E-state index contributed by atoms with van der Waals surface area (Å²) in [5.74, 6) is -0.733. The summed E-state index contributed by atoms with van der Waals surface area (Å²) in [6.45, 7) is 2.50. The number of para-hydroxylation sites is 1. The minimum atomic E-state index is -4.94. The van der Waals surface area contributed by atoms with Gasteiger partial charge in [-0.1, -0.05) is 12.1 Å². The van der Waals surface area contributed by atoms with E-state index in [1.807, 2.05) is 0 Å². The second-order valence-corrected chi connectivity index (χ2v) is 6.68. The molecule has 5 nitrogen and oxygen atoms in total. The zero-order chi connectivity index (χ0) is 16.2. The maximum Gasteiger partial charge on any atom is 0.573 e. The molecule has 1 aliphatic heterocycles. The third kappa shape index (κ3) is 4.85. The van der Waals surface area contributed by atoms with Crippen molar-refractivity contribution < 1.29 is 26.3 Å². The largest absolute Gasteiger partial charge is 0.573 e. The molecule has 0 aromatic heterocycles. The van der Waals surface area contributed by atoms with Crippen molar-refractivity contribution in [3.05, 3.63) is 24.3 Å². The van der Waals surface area contributed by atoms with Gasteiger partial charge in [-0.15, -0.1) is 13.2 Å². The Balaban J connectivity index is 2.04. The van der Waals surface area contributed by atoms with Crippen LogP contribution >= 0.6 is 0 Å². The molecule has 0 bridgehead atoms. The van der Waals surface area contributed by atoms with E-state index < -0.39 is 27.0 Å². The number of alkyl halides is 3. The Hall–Kier alpha value is -1.32. The Morgan fingerprint density at radius 3 is 2.45 bits per heavy atom. The van der Waals surface area contributed by atoms with Crippen LogP contribution in [-0.4, -0.2) is 45.9 Å². The molecule has 0 radical (unpaired) electrons. The van der Waals surface area contributed by atoms with Crippen molar-refractivity contribution in [2.75, 3.05) is 26.2 Å². The van der Waals surface area contributed by atoms with E-state index in [0.29, 0.717) is 6.54 Å². The van der Waals surface area contributed by atoms with E-state index in [0.717, 1.165) is 38.1 Å². The molecule has 0 atom stereocenters. The summed E-state index contributed by atoms with van der Waals surface area (Å²) in [7, 11) is -4.06. The van der Waals surface area contributed by atoms with Gasteiger partial charge in [0.1, 0.15) is 10.6 Å². The van der Waals surface area contributed by atoms with Gasteiger partial charge in [-0.3, -0.25) is 0 Å². The molecule has 1 saturated heterocycles. The molecule has 1 aromatic carbocycles. The number of nitrogens with zero attached hydrogens (tertiary/aromatic N) is 1. The Morgan fingerprint density at radius 1 is 1.18 bits per heavy atom. The van der Waals surface area contributed by atoms with E-state index in [2.05, 4.69) is 14.4 Å². The molecule has 22 heavy (non-hydrogen) atoms. The quantitative estimate of drug-likeness (QED) is 0.861. The lowest BCUT2D eigenvalue weighted by molar-refractivity contribution is -0.275. The van der Waals surface area contributed by atoms with Crippen LogP contribution in [0.5, 0.6) is 5.75 Å². The molecule has 0 amide bonds. The SMILES string of the molecule is O=S(=O)(NCCN1CCCC1)c1ccccc1OC(F)(F)F. The van der Waals surface area contributed by atoms with Crippen molar-refractivity contribution in [1.29, 1.82) is 0 Å². The van der Waals surface area contributed by atoms with Crippen LogP contribution < -0.4 is 9.46 Å². The molecular weight excluding hydrogens is 321 g/mol. The highest BCUT2D eigenvalue weighted by molar-refractivity contribution is 7.89. The summed E-state index contributed by atoms with van der Waals surface area (Å²) < 4.78 is 67.3. The van der Waals surface area contributed by atoms with E-state index in [1.165, 1.54) is 12.1 Å². The van der Waals surface area contributed by atoms with Crippen LogP contribution in [-0.2, 0) is 10.0 Å². The van der Waals surface area contributed by atoms with Gasteiger partial charge >= 0.3 is 6.36 Å². The first-order valence-corrected chi connectivity index (χ1v) is 8.33. The Labute approximate surface area is 127 Å². The highest BCUT2D eigenvalue weighted by Gasteiger charge is 2.33. The molecule has 1 aromatic rings. The number of hydrogen-bond donors (Lipinski definition) is 1. The summed E-state index contributed by atoms with van der Waals surface area (Å²) in [5.41, 5.74) is 0. The number of sulfonamides is 1. The Kier molecular flexibility index (Phi) is 5.30. The molecule has 1 N–H and O–H groups in total. The minimum absolute atomic E-state index is 0.142. The highest BCUT2D eigenvalue weighted by Crippen LogP contribution is 2.29. The summed E-state index contributed by atoms with van der Waals surface area (Å²) in [6.07, 6.45) is -2.79. The second kappa shape index (κ2) is 6.84. The molecule has 9 heteroatoms. The van der Waals surface area contributed by atoms with Gasteiger partial charge in [-0.05, 0) is 38.1 Å². The normalized spacial score (nSPS) is 16.9. The van der Waals surface area contributed by atoms with Crippen molar-refractivity contribution in [3.8, 4) is 5.75 Å². The Morgan fingerprint density at radius 2 is 1.82 bits per heavy atom. The van der Waals surface area contributed by atoms with E-state index in [1.54, 1.807) is 0 Å². The smallest absolute Gasteiger partial charge is 0.404 e. The molecular formula is C13H17F3N2O3S. The van der Waals surface area contributed by atoms with Crippen molar-refractivity contribution in [2.45, 2.75) is 24.1 Å². The molecule has 1 aliphatic rings. The average Bonchev–Trinajstić information content (AvgIpc) is 2.90. The number of benzene rings is 1. The van der Waals surface area contributed by atoms with Crippen molar-refractivity contribution in [2.24, 2.45) is 0 Å². The zero-order valence-electron chi connectivity index (χ0n) is 11.8. The number of likely N-dealkylation sites (tertiary alicyclic amines) is 1. The fourth-order valence-electron chi connectivity index (χ4n) is 2.30. The molecule has 2 rings (SSSR count). The maximum absolute atomic E-state index is 12.3. The molecule has 1 heterocycles. The third-order valence-corrected chi connectivity index (χ3v) is 4.78. The van der Waals surface area contributed by atoms with Crippen molar-refractivity contribution in [1.82, 2.24) is 9.62 Å². The minimum Gasteiger partial charge on any atom is -0.404 e. The van der Waals surface area contributed by atoms with Gasteiger partial charge in [0.15, 0.2) is 0 Å². The van der Waals surface area contributed by atoms with Crippen LogP contribution in [0, 0.1) is 0 Å². The number of hydrogen-bond acceptors (Lipinski definition) is 4. The van der Waals surface area contributed by atoms with Crippen LogP contribution in [0.4, 0.5) is 13.2 Å². The third-order valence-electron chi connectivity index (χ3n) is 3.28. The lowest BCUT2D eigenvalue weighted by Crippen LogP contribution is -2.34. The van der Waals surface area contributed by atoms with E-state index in [9.17, 15) is 21.6 Å². The van der Waals surface area contributed by atoms with Crippen LogP contribution in [0.3, 0.4) is 0 Å². The number of rotatable bonds is 6. The molecule has 1 fully saturated rings. The van der Waals surface area contributed by atoms with Gasteiger partial charge in [0.2, 0.25) is 10.0 Å². The van der Waals surface area contributed by atoms with Crippen LogP contribution in [0.15, 0.2) is 29.2 Å². The van der Waals surface area contributed by atoms with Gasteiger partial charge in [0, 0.05) is 13.1 Å². The molecule has 0 aliphatic carbocycles. The molecule has 0 saturated carbocycles. The lowest BCUT2D eigenvalue weighted by Gasteiger charge is -2.16. The molecule has 0 unspecified atom stereocenters. The summed E-state index contributed by atoms with van der Waals surface area (Å²) in [6, 6.07) is 4.68. The topological polar surface area (TPSA) is 58.6 Å². The predicted octanol–water partition coefficient (Wildman–Crippen LogP) is 1.96. The standard InChI is InChI=1S/C13H17F3N2O3S/c14-13(15,16)21-11-5-1-2-6-12(11)22(19,20)17-7-10-18-8-3-4-9-18/h1-2,5-6,17H,3-4,7-10H2. The lowest BCUT2D eigenvalue weighted by atomic mass is 10.3. The van der Waals surface area contributed by atoms with Gasteiger partial charge in [-0.25, -0.2) is 13.1 Å². The Bertz CT molecular complexity index is 599. The van der Waals surface area contributed by atoms with Crippen LogP contribution in [0.1, 0.15) is 12.8 Å². The fourth-order valence-corrected chi connectivity index (χ4v) is 3.45. The van der Waals surface area contributed by atoms with Crippen LogP contribution in [0.25, 0.3) is 0 Å². The highest BCUT2D eigenvalue weighted by atomic mass is 32.2. The molecule has 0 spiro atoms. The van der Waals surface area contributed by atoms with Gasteiger partial charge in [-0.2, -0.15) is 0 Å². The maximum atomic E-state index is 12.3. The zero-order valence-corrected chi connectivity index (χ0v) is 12.6. The molecule has 124 valence electrons. The predicted molar refractivity (Wildman–Crippen MR) is 74.0 cm³/mol. The van der Waals surface area contributed by atoms with Gasteiger partial charge < -0.3 is 9.64 Å².